The number of aromatic nitrogens is 4. The predicted octanol–water partition coefficient (Wildman–Crippen LogP) is 2.01. The fourth-order valence-corrected chi connectivity index (χ4v) is 3.10. The summed E-state index contributed by atoms with van der Waals surface area (Å²) < 4.78 is 0. The van der Waals surface area contributed by atoms with Crippen LogP contribution in [-0.4, -0.2) is 49.9 Å². The lowest BCUT2D eigenvalue weighted by Gasteiger charge is -2.13. The highest BCUT2D eigenvalue weighted by Crippen LogP contribution is 2.39. The van der Waals surface area contributed by atoms with E-state index in [2.05, 4.69) is 35.6 Å². The van der Waals surface area contributed by atoms with E-state index in [0.717, 1.165) is 18.5 Å². The summed E-state index contributed by atoms with van der Waals surface area (Å²) in [6.07, 6.45) is 9.88. The maximum atomic E-state index is 13.3. The quantitative estimate of drug-likeness (QED) is 0.304. The van der Waals surface area contributed by atoms with Crippen LogP contribution in [0.5, 0.6) is 0 Å². The van der Waals surface area contributed by atoms with Crippen molar-refractivity contribution in [2.45, 2.75) is 18.8 Å². The topological polar surface area (TPSA) is 151 Å². The van der Waals surface area contributed by atoms with Crippen LogP contribution in [0.3, 0.4) is 0 Å². The van der Waals surface area contributed by atoms with Crippen molar-refractivity contribution >= 4 is 28.8 Å². The van der Waals surface area contributed by atoms with Crippen LogP contribution in [0.15, 0.2) is 66.3 Å². The molecule has 33 heavy (non-hydrogen) atoms. The van der Waals surface area contributed by atoms with E-state index in [-0.39, 0.29) is 24.7 Å². The smallest absolute Gasteiger partial charge is 0.277 e. The molecular formula is C23H24N8O2. The SMILES string of the molecule is NC(=CC(=NCCO)NC(=O)c1nc(C2CC2)ccc1Nc1cncnc1)c1ccccn1. The van der Waals surface area contributed by atoms with Gasteiger partial charge in [0.05, 0.1) is 48.3 Å². The lowest BCUT2D eigenvalue weighted by molar-refractivity contribution is 0.0973. The number of nitrogens with one attached hydrogen (secondary N) is 2. The van der Waals surface area contributed by atoms with Gasteiger partial charge in [-0.25, -0.2) is 15.0 Å². The fourth-order valence-electron chi connectivity index (χ4n) is 3.10. The summed E-state index contributed by atoms with van der Waals surface area (Å²) in [7, 11) is 0. The molecule has 168 valence electrons. The molecule has 4 rings (SSSR count). The van der Waals surface area contributed by atoms with E-state index in [1.807, 2.05) is 18.2 Å². The summed E-state index contributed by atoms with van der Waals surface area (Å²) in [5, 5.41) is 15.1. The van der Waals surface area contributed by atoms with Crippen molar-refractivity contribution in [3.8, 4) is 0 Å². The number of rotatable bonds is 8. The zero-order chi connectivity index (χ0) is 23.0. The molecule has 1 saturated carbocycles. The molecule has 0 aromatic carbocycles. The zero-order valence-corrected chi connectivity index (χ0v) is 17.8. The molecule has 3 heterocycles. The maximum absolute atomic E-state index is 13.3. The number of carbonyl (C=O) groups is 1. The third-order valence-electron chi connectivity index (χ3n) is 4.84. The van der Waals surface area contributed by atoms with Gasteiger partial charge in [0.15, 0.2) is 5.69 Å². The van der Waals surface area contributed by atoms with Crippen molar-refractivity contribution in [2.75, 3.05) is 18.5 Å². The summed E-state index contributed by atoms with van der Waals surface area (Å²) in [5.74, 6) is 0.108. The van der Waals surface area contributed by atoms with Crippen molar-refractivity contribution in [2.24, 2.45) is 10.7 Å². The van der Waals surface area contributed by atoms with Crippen molar-refractivity contribution < 1.29 is 9.90 Å². The van der Waals surface area contributed by atoms with Gasteiger partial charge in [0, 0.05) is 23.9 Å². The Morgan fingerprint density at radius 2 is 2.03 bits per heavy atom. The molecule has 10 heteroatoms. The molecule has 5 N–H and O–H groups in total. The number of hydrogen-bond acceptors (Lipinski definition) is 9. The Labute approximate surface area is 190 Å². The van der Waals surface area contributed by atoms with Gasteiger partial charge in [-0.05, 0) is 37.1 Å². The average Bonchev–Trinajstić information content (AvgIpc) is 3.69. The monoisotopic (exact) mass is 444 g/mol. The molecule has 1 fully saturated rings. The van der Waals surface area contributed by atoms with Crippen LogP contribution in [0.4, 0.5) is 11.4 Å². The standard InChI is InChI=1S/C23H24N8O2/c24-17(19-3-1-2-8-27-19)11-21(28-9-10-32)31-23(33)22-20(29-16-12-25-14-26-13-16)7-6-18(30-22)15-4-5-15/h1-3,6-8,11-15,29,32H,4-5,9-10,24H2,(H,28,31,33). The molecule has 0 bridgehead atoms. The maximum Gasteiger partial charge on any atom is 0.277 e. The Morgan fingerprint density at radius 3 is 2.73 bits per heavy atom. The largest absolute Gasteiger partial charge is 0.397 e. The van der Waals surface area contributed by atoms with Crippen LogP contribution in [0, 0.1) is 0 Å². The molecule has 0 aliphatic heterocycles. The van der Waals surface area contributed by atoms with Gasteiger partial charge in [0.25, 0.3) is 5.91 Å². The molecule has 1 amide bonds. The molecule has 0 spiro atoms. The van der Waals surface area contributed by atoms with Gasteiger partial charge >= 0.3 is 0 Å². The van der Waals surface area contributed by atoms with Gasteiger partial charge < -0.3 is 21.5 Å². The van der Waals surface area contributed by atoms with Crippen molar-refractivity contribution in [3.05, 3.63) is 78.4 Å². The number of nitrogens with zero attached hydrogens (tertiary/aromatic N) is 5. The molecular weight excluding hydrogens is 420 g/mol. The first-order valence-corrected chi connectivity index (χ1v) is 10.5. The van der Waals surface area contributed by atoms with Gasteiger partial charge in [-0.3, -0.25) is 14.8 Å². The number of aliphatic imine (C=N–C) groups is 1. The Hall–Kier alpha value is -4.18. The highest BCUT2D eigenvalue weighted by Gasteiger charge is 2.27. The average molecular weight is 444 g/mol. The molecule has 0 unspecified atom stereocenters. The number of amidine groups is 1. The first-order valence-electron chi connectivity index (χ1n) is 10.5. The first kappa shape index (κ1) is 22.0. The fraction of sp³-hybridized carbons (Fsp3) is 0.217. The molecule has 1 aliphatic rings. The van der Waals surface area contributed by atoms with Crippen LogP contribution >= 0.6 is 0 Å². The molecule has 10 nitrogen and oxygen atoms in total. The highest BCUT2D eigenvalue weighted by molar-refractivity contribution is 6.13. The Bertz CT molecular complexity index is 1160. The molecule has 3 aromatic heterocycles. The normalized spacial score (nSPS) is 14.1. The molecule has 0 radical (unpaired) electrons. The minimum atomic E-state index is -0.460. The summed E-state index contributed by atoms with van der Waals surface area (Å²) in [6.45, 7) is -0.0729. The Balaban J connectivity index is 1.62. The highest BCUT2D eigenvalue weighted by atomic mass is 16.3. The molecule has 0 atom stereocenters. The number of pyridine rings is 2. The third kappa shape index (κ3) is 5.95. The summed E-state index contributed by atoms with van der Waals surface area (Å²) >= 11 is 0. The third-order valence-corrected chi connectivity index (χ3v) is 4.84. The van der Waals surface area contributed by atoms with Gasteiger partial charge in [-0.1, -0.05) is 6.07 Å². The Kier molecular flexibility index (Phi) is 6.96. The van der Waals surface area contributed by atoms with Gasteiger partial charge in [0.1, 0.15) is 12.2 Å². The van der Waals surface area contributed by atoms with E-state index in [1.54, 1.807) is 30.7 Å². The number of aliphatic hydroxyl groups is 1. The Morgan fingerprint density at radius 1 is 1.21 bits per heavy atom. The number of carbonyl (C=O) groups excluding carboxylic acids is 1. The lowest BCUT2D eigenvalue weighted by Crippen LogP contribution is -2.31. The van der Waals surface area contributed by atoms with Gasteiger partial charge in [-0.15, -0.1) is 0 Å². The minimum Gasteiger partial charge on any atom is -0.397 e. The van der Waals surface area contributed by atoms with Gasteiger partial charge in [0.2, 0.25) is 0 Å². The van der Waals surface area contributed by atoms with E-state index in [0.29, 0.717) is 28.7 Å². The summed E-state index contributed by atoms with van der Waals surface area (Å²) in [4.78, 5) is 34.3. The van der Waals surface area contributed by atoms with E-state index in [1.165, 1.54) is 12.4 Å². The number of nitrogens with two attached hydrogens (primary N) is 1. The summed E-state index contributed by atoms with van der Waals surface area (Å²) in [6, 6.07) is 9.09. The zero-order valence-electron chi connectivity index (χ0n) is 17.8. The first-order chi connectivity index (χ1) is 16.1. The van der Waals surface area contributed by atoms with Crippen LogP contribution < -0.4 is 16.4 Å². The second kappa shape index (κ2) is 10.4. The van der Waals surface area contributed by atoms with Crippen molar-refractivity contribution in [1.29, 1.82) is 0 Å². The molecule has 1 aliphatic carbocycles. The van der Waals surface area contributed by atoms with E-state index >= 15 is 0 Å². The number of amides is 1. The van der Waals surface area contributed by atoms with Crippen LogP contribution in [0.2, 0.25) is 0 Å². The van der Waals surface area contributed by atoms with Crippen LogP contribution in [-0.2, 0) is 0 Å². The second-order valence-electron chi connectivity index (χ2n) is 7.42. The number of hydrogen-bond donors (Lipinski definition) is 4. The summed E-state index contributed by atoms with van der Waals surface area (Å²) in [5.41, 5.74) is 9.24. The van der Waals surface area contributed by atoms with Crippen LogP contribution in [0.25, 0.3) is 5.70 Å². The molecule has 0 saturated heterocycles. The van der Waals surface area contributed by atoms with Crippen molar-refractivity contribution in [1.82, 2.24) is 25.3 Å². The van der Waals surface area contributed by atoms with E-state index in [4.69, 9.17) is 5.73 Å². The lowest BCUT2D eigenvalue weighted by atomic mass is 10.2. The second-order valence-corrected chi connectivity index (χ2v) is 7.42. The molecule has 3 aromatic rings. The van der Waals surface area contributed by atoms with Crippen molar-refractivity contribution in [3.63, 3.8) is 0 Å². The van der Waals surface area contributed by atoms with Gasteiger partial charge in [-0.2, -0.15) is 0 Å². The predicted molar refractivity (Wildman–Crippen MR) is 125 cm³/mol. The number of anilines is 2. The van der Waals surface area contributed by atoms with E-state index < -0.39 is 5.91 Å². The van der Waals surface area contributed by atoms with E-state index in [9.17, 15) is 9.90 Å². The van der Waals surface area contributed by atoms with Crippen LogP contribution in [0.1, 0.15) is 40.6 Å². The minimum absolute atomic E-state index is 0.101. The number of aliphatic hydroxyl groups excluding tert-OH is 1.